The van der Waals surface area contributed by atoms with Crippen LogP contribution in [0.15, 0.2) is 22.2 Å². The van der Waals surface area contributed by atoms with E-state index in [-0.39, 0.29) is 24.0 Å². The fourth-order valence-electron chi connectivity index (χ4n) is 0.866. The van der Waals surface area contributed by atoms with Crippen molar-refractivity contribution in [2.24, 2.45) is 0 Å². The quantitative estimate of drug-likeness (QED) is 0.511. The van der Waals surface area contributed by atoms with E-state index in [0.717, 1.165) is 0 Å². The Bertz CT molecular complexity index is 463. The summed E-state index contributed by atoms with van der Waals surface area (Å²) in [7, 11) is 0. The first-order valence-corrected chi connectivity index (χ1v) is 7.16. The Hall–Kier alpha value is -0.362. The van der Waals surface area contributed by atoms with Crippen LogP contribution in [0.2, 0.25) is 0 Å². The van der Waals surface area contributed by atoms with Crippen molar-refractivity contribution < 1.29 is 29.1 Å². The smallest absolute Gasteiger partial charge is 0 e. The first-order valence-electron chi connectivity index (χ1n) is 3.15. The van der Waals surface area contributed by atoms with Gasteiger partial charge in [0.2, 0.25) is 0 Å². The van der Waals surface area contributed by atoms with E-state index in [9.17, 15) is 14.4 Å². The summed E-state index contributed by atoms with van der Waals surface area (Å²) < 4.78 is 5.19. The maximum absolute atomic E-state index is 10.4. The third-order valence-electron chi connectivity index (χ3n) is 1.51. The largest absolute Gasteiger partial charge is 0 e. The van der Waals surface area contributed by atoms with Crippen molar-refractivity contribution in [1.82, 2.24) is 0 Å². The standard InChI is InChI=1S/C5H5.3CO.I.Mo/c1-2-4-5-3-1;3*1-2;;/h1-3H,4H2;;;;;. The molecular formula is C8H5IMoO3. The minimum absolute atomic E-state index is 0. The van der Waals surface area contributed by atoms with Gasteiger partial charge in [-0.05, 0) is 0 Å². The van der Waals surface area contributed by atoms with E-state index in [0.29, 0.717) is 10.4 Å². The zero-order valence-corrected chi connectivity index (χ0v) is 10.6. The van der Waals surface area contributed by atoms with E-state index in [4.69, 9.17) is 0 Å². The normalized spacial score (nSPS) is 13.4. The summed E-state index contributed by atoms with van der Waals surface area (Å²) in [6.45, 7) is 0. The van der Waals surface area contributed by atoms with Gasteiger partial charge in [0, 0.05) is 24.0 Å². The second-order valence-electron chi connectivity index (χ2n) is 2.13. The van der Waals surface area contributed by atoms with Crippen molar-refractivity contribution in [3.8, 4) is 0 Å². The molecule has 0 heterocycles. The fourth-order valence-corrected chi connectivity index (χ4v) is 3.45. The Labute approximate surface area is 93.9 Å². The van der Waals surface area contributed by atoms with Gasteiger partial charge < -0.3 is 0 Å². The summed E-state index contributed by atoms with van der Waals surface area (Å²) in [4.78, 5) is 31.3. The van der Waals surface area contributed by atoms with Crippen LogP contribution in [0.25, 0.3) is 0 Å². The Morgan fingerprint density at radius 1 is 1.15 bits per heavy atom. The van der Waals surface area contributed by atoms with Crippen LogP contribution in [-0.4, -0.2) is 12.8 Å². The molecule has 0 bridgehead atoms. The van der Waals surface area contributed by atoms with Gasteiger partial charge in [0.05, 0.1) is 0 Å². The molecule has 3 nitrogen and oxygen atoms in total. The fraction of sp³-hybridized carbons (Fsp3) is 0.125. The molecule has 0 aliphatic heterocycles. The van der Waals surface area contributed by atoms with Crippen LogP contribution in [0.5, 0.6) is 0 Å². The van der Waals surface area contributed by atoms with Crippen LogP contribution in [0.3, 0.4) is 0 Å². The van der Waals surface area contributed by atoms with Crippen molar-refractivity contribution in [2.75, 3.05) is 0 Å². The van der Waals surface area contributed by atoms with Crippen LogP contribution in [0.1, 0.15) is 6.42 Å². The summed E-state index contributed by atoms with van der Waals surface area (Å²) >= 11 is -3.95. The van der Waals surface area contributed by atoms with Crippen molar-refractivity contribution in [3.05, 3.63) is 22.2 Å². The molecule has 1 rings (SSSR count). The maximum atomic E-state index is 10.4. The molecule has 1 radical (unpaired) electrons. The van der Waals surface area contributed by atoms with Crippen LogP contribution in [0.4, 0.5) is 0 Å². The minimum Gasteiger partial charge on any atom is 0 e. The molecular weight excluding hydrogens is 367 g/mol. The Balaban J connectivity index is 0.00000144. The molecule has 0 saturated heterocycles. The van der Waals surface area contributed by atoms with Gasteiger partial charge in [0.1, 0.15) is 0 Å². The predicted molar refractivity (Wildman–Crippen MR) is 52.9 cm³/mol. The molecule has 0 aromatic heterocycles. The molecule has 13 heavy (non-hydrogen) atoms. The number of carbonyl (C=O) groups excluding carboxylic acids is 3. The summed E-state index contributed by atoms with van der Waals surface area (Å²) in [5, 5.41) is 0. The van der Waals surface area contributed by atoms with Crippen LogP contribution in [-0.2, 0) is 29.1 Å². The van der Waals surface area contributed by atoms with Crippen LogP contribution < -0.4 is 0 Å². The first kappa shape index (κ1) is 12.6. The number of hydrogen-bond acceptors (Lipinski definition) is 3. The molecule has 68 valence electrons. The third kappa shape index (κ3) is 2.31. The summed E-state index contributed by atoms with van der Waals surface area (Å²) in [6.07, 6.45) is 5.59. The molecule has 0 saturated carbocycles. The molecule has 0 amide bonds. The monoisotopic (exact) mass is 374 g/mol. The van der Waals surface area contributed by atoms with Gasteiger partial charge in [0.15, 0.2) is 0 Å². The van der Waals surface area contributed by atoms with Crippen molar-refractivity contribution >= 4 is 36.8 Å². The zero-order valence-electron chi connectivity index (χ0n) is 6.45. The third-order valence-corrected chi connectivity index (χ3v) is 6.03. The van der Waals surface area contributed by atoms with E-state index in [2.05, 4.69) is 0 Å². The molecule has 0 unspecified atom stereocenters. The molecule has 1 aliphatic rings. The Morgan fingerprint density at radius 2 is 1.69 bits per heavy atom. The van der Waals surface area contributed by atoms with E-state index in [1.807, 2.05) is 0 Å². The molecule has 1 aliphatic carbocycles. The van der Waals surface area contributed by atoms with E-state index in [1.54, 1.807) is 31.0 Å². The topological polar surface area (TPSA) is 51.2 Å². The van der Waals surface area contributed by atoms with Gasteiger partial charge in [-0.15, -0.1) is 0 Å². The van der Waals surface area contributed by atoms with E-state index >= 15 is 0 Å². The number of hydrogen-bond donors (Lipinski definition) is 0. The molecule has 0 aromatic carbocycles. The van der Waals surface area contributed by atoms with Crippen molar-refractivity contribution in [1.29, 1.82) is 0 Å². The summed E-state index contributed by atoms with van der Waals surface area (Å²) in [6, 6.07) is 0. The predicted octanol–water partition coefficient (Wildman–Crippen LogP) is 1.07. The van der Waals surface area contributed by atoms with Gasteiger partial charge in [-0.25, -0.2) is 0 Å². The zero-order chi connectivity index (χ0) is 9.03. The van der Waals surface area contributed by atoms with Crippen molar-refractivity contribution in [3.63, 3.8) is 0 Å². The molecule has 0 N–H and O–H groups in total. The van der Waals surface area contributed by atoms with Crippen LogP contribution >= 0.6 is 24.0 Å². The first-order chi connectivity index (χ1) is 5.79. The second-order valence-corrected chi connectivity index (χ2v) is 7.66. The maximum Gasteiger partial charge on any atom is 0 e. The average molecular weight is 372 g/mol. The summed E-state index contributed by atoms with van der Waals surface area (Å²) in [5.74, 6) is 0. The Morgan fingerprint density at radius 3 is 2.00 bits per heavy atom. The van der Waals surface area contributed by atoms with Crippen LogP contribution in [0, 0.1) is 0 Å². The number of allylic oxidation sites excluding steroid dienone is 4. The number of halogens is 1. The SMILES string of the molecule is O=[C]=[Mo](=[C]=O)(=[C]=O)[C]1=CC=CC1.[I]. The van der Waals surface area contributed by atoms with Crippen molar-refractivity contribution in [2.45, 2.75) is 6.42 Å². The number of rotatable bonds is 1. The summed E-state index contributed by atoms with van der Waals surface area (Å²) in [5.41, 5.74) is 0. The van der Waals surface area contributed by atoms with Gasteiger partial charge in [-0.2, -0.15) is 0 Å². The minimum atomic E-state index is -3.95. The molecule has 5 heteroatoms. The second kappa shape index (κ2) is 5.39. The van der Waals surface area contributed by atoms with Gasteiger partial charge >= 0.3 is 70.5 Å². The molecule has 0 spiro atoms. The van der Waals surface area contributed by atoms with E-state index < -0.39 is 14.7 Å². The molecule has 0 aromatic rings. The van der Waals surface area contributed by atoms with E-state index in [1.165, 1.54) is 0 Å². The molecule has 0 atom stereocenters. The average Bonchev–Trinajstić information content (AvgIpc) is 2.62. The van der Waals surface area contributed by atoms with Gasteiger partial charge in [-0.3, -0.25) is 0 Å². The Kier molecular flexibility index (Phi) is 5.24. The van der Waals surface area contributed by atoms with Gasteiger partial charge in [-0.1, -0.05) is 0 Å². The van der Waals surface area contributed by atoms with Gasteiger partial charge in [0.25, 0.3) is 0 Å². The molecule has 0 fully saturated rings.